The number of rotatable bonds is 3. The molecule has 0 saturated heterocycles. The molecular formula is C16H18N4S. The van der Waals surface area contributed by atoms with Gasteiger partial charge < -0.3 is 0 Å². The van der Waals surface area contributed by atoms with Gasteiger partial charge in [0.05, 0.1) is 23.2 Å². The van der Waals surface area contributed by atoms with Crippen molar-refractivity contribution in [1.29, 1.82) is 5.26 Å². The maximum Gasteiger partial charge on any atom is 0.210 e. The molecule has 0 spiro atoms. The van der Waals surface area contributed by atoms with E-state index in [0.717, 1.165) is 30.1 Å². The standard InChI is InChI=1S/C16H18N4S/c1-10-9-21-16(18-10)20-13-4-2-3-11(7-8-17)14(13)15(19-20)12-5-6-12/h9,11-12H,2-7H2,1H3. The summed E-state index contributed by atoms with van der Waals surface area (Å²) in [5, 5.41) is 17.1. The number of nitrogens with zero attached hydrogens (tertiary/aromatic N) is 4. The summed E-state index contributed by atoms with van der Waals surface area (Å²) in [5.74, 6) is 1.00. The molecule has 0 bridgehead atoms. The van der Waals surface area contributed by atoms with Crippen molar-refractivity contribution in [2.45, 2.75) is 57.3 Å². The van der Waals surface area contributed by atoms with Crippen LogP contribution in [0.2, 0.25) is 0 Å². The zero-order chi connectivity index (χ0) is 14.4. The number of nitriles is 1. The Morgan fingerprint density at radius 2 is 2.29 bits per heavy atom. The van der Waals surface area contributed by atoms with Crippen LogP contribution in [0.15, 0.2) is 5.38 Å². The maximum absolute atomic E-state index is 9.13. The summed E-state index contributed by atoms with van der Waals surface area (Å²) in [4.78, 5) is 4.61. The Labute approximate surface area is 128 Å². The molecule has 1 atom stereocenters. The monoisotopic (exact) mass is 298 g/mol. The molecule has 5 heteroatoms. The third-order valence-electron chi connectivity index (χ3n) is 4.51. The lowest BCUT2D eigenvalue weighted by Gasteiger charge is -2.21. The zero-order valence-corrected chi connectivity index (χ0v) is 13.0. The van der Waals surface area contributed by atoms with Gasteiger partial charge in [0.2, 0.25) is 5.13 Å². The molecule has 0 N–H and O–H groups in total. The van der Waals surface area contributed by atoms with Gasteiger partial charge >= 0.3 is 0 Å². The molecule has 0 aromatic carbocycles. The van der Waals surface area contributed by atoms with E-state index in [4.69, 9.17) is 10.4 Å². The first-order valence-electron chi connectivity index (χ1n) is 7.69. The normalized spacial score (nSPS) is 21.0. The van der Waals surface area contributed by atoms with Gasteiger partial charge in [-0.25, -0.2) is 9.67 Å². The summed E-state index contributed by atoms with van der Waals surface area (Å²) < 4.78 is 2.07. The van der Waals surface area contributed by atoms with E-state index in [1.807, 2.05) is 6.92 Å². The highest BCUT2D eigenvalue weighted by molar-refractivity contribution is 7.12. The second kappa shape index (κ2) is 4.96. The summed E-state index contributed by atoms with van der Waals surface area (Å²) in [6.45, 7) is 2.02. The van der Waals surface area contributed by atoms with Crippen LogP contribution < -0.4 is 0 Å². The van der Waals surface area contributed by atoms with Gasteiger partial charge in [-0.05, 0) is 39.0 Å². The van der Waals surface area contributed by atoms with E-state index in [2.05, 4.69) is 21.1 Å². The molecule has 0 amide bonds. The Hall–Kier alpha value is -1.67. The van der Waals surface area contributed by atoms with Crippen molar-refractivity contribution >= 4 is 11.3 Å². The first-order chi connectivity index (χ1) is 10.3. The van der Waals surface area contributed by atoms with Crippen molar-refractivity contribution in [3.8, 4) is 11.2 Å². The summed E-state index contributed by atoms with van der Waals surface area (Å²) in [6, 6.07) is 2.37. The number of hydrogen-bond acceptors (Lipinski definition) is 4. The van der Waals surface area contributed by atoms with E-state index in [9.17, 15) is 0 Å². The van der Waals surface area contributed by atoms with Crippen LogP contribution in [-0.4, -0.2) is 14.8 Å². The summed E-state index contributed by atoms with van der Waals surface area (Å²) >= 11 is 1.66. The van der Waals surface area contributed by atoms with Crippen molar-refractivity contribution < 1.29 is 0 Å². The SMILES string of the molecule is Cc1csc(-n2nc(C3CC3)c3c2CCCC3CC#N)n1. The predicted octanol–water partition coefficient (Wildman–Crippen LogP) is 3.85. The number of aromatic nitrogens is 3. The first kappa shape index (κ1) is 13.0. The minimum absolute atomic E-state index is 0.379. The molecule has 2 aromatic rings. The smallest absolute Gasteiger partial charge is 0.210 e. The molecule has 2 aliphatic rings. The fourth-order valence-corrected chi connectivity index (χ4v) is 4.18. The third kappa shape index (κ3) is 2.18. The van der Waals surface area contributed by atoms with Gasteiger partial charge in [0.15, 0.2) is 0 Å². The summed E-state index contributed by atoms with van der Waals surface area (Å²) in [6.07, 6.45) is 6.46. The Kier molecular flexibility index (Phi) is 3.07. The molecule has 1 unspecified atom stereocenters. The quantitative estimate of drug-likeness (QED) is 0.865. The van der Waals surface area contributed by atoms with Crippen LogP contribution >= 0.6 is 11.3 Å². The highest BCUT2D eigenvalue weighted by Gasteiger charge is 2.36. The van der Waals surface area contributed by atoms with Crippen molar-refractivity contribution in [1.82, 2.24) is 14.8 Å². The molecule has 108 valence electrons. The maximum atomic E-state index is 9.13. The van der Waals surface area contributed by atoms with Gasteiger partial charge in [-0.2, -0.15) is 10.4 Å². The Morgan fingerprint density at radius 3 is 2.95 bits per heavy atom. The molecule has 1 fully saturated rings. The number of fused-ring (bicyclic) bond motifs is 1. The zero-order valence-electron chi connectivity index (χ0n) is 12.2. The van der Waals surface area contributed by atoms with Crippen LogP contribution in [0, 0.1) is 18.3 Å². The largest absolute Gasteiger partial charge is 0.224 e. The van der Waals surface area contributed by atoms with E-state index in [1.54, 1.807) is 11.3 Å². The molecular weight excluding hydrogens is 280 g/mol. The van der Waals surface area contributed by atoms with Crippen LogP contribution in [0.3, 0.4) is 0 Å². The van der Waals surface area contributed by atoms with E-state index in [-0.39, 0.29) is 0 Å². The predicted molar refractivity (Wildman–Crippen MR) is 81.9 cm³/mol. The molecule has 4 nitrogen and oxygen atoms in total. The van der Waals surface area contributed by atoms with Crippen LogP contribution in [0.25, 0.3) is 5.13 Å². The lowest BCUT2D eigenvalue weighted by atomic mass is 9.82. The van der Waals surface area contributed by atoms with E-state index in [0.29, 0.717) is 18.3 Å². The van der Waals surface area contributed by atoms with Crippen LogP contribution in [0.4, 0.5) is 0 Å². The summed E-state index contributed by atoms with van der Waals surface area (Å²) in [5.41, 5.74) is 5.02. The van der Waals surface area contributed by atoms with E-state index in [1.165, 1.54) is 29.8 Å². The highest BCUT2D eigenvalue weighted by atomic mass is 32.1. The average Bonchev–Trinajstić information content (AvgIpc) is 3.12. The van der Waals surface area contributed by atoms with Gasteiger partial charge in [0.1, 0.15) is 0 Å². The molecule has 4 rings (SSSR count). The minimum Gasteiger partial charge on any atom is -0.224 e. The number of thiazole rings is 1. The topological polar surface area (TPSA) is 54.5 Å². The van der Waals surface area contributed by atoms with Crippen molar-refractivity contribution in [3.63, 3.8) is 0 Å². The Morgan fingerprint density at radius 1 is 1.43 bits per heavy atom. The van der Waals surface area contributed by atoms with Crippen molar-refractivity contribution in [3.05, 3.63) is 28.0 Å². The minimum atomic E-state index is 0.379. The van der Waals surface area contributed by atoms with Crippen molar-refractivity contribution in [2.24, 2.45) is 0 Å². The second-order valence-electron chi connectivity index (χ2n) is 6.15. The molecule has 1 saturated carbocycles. The van der Waals surface area contributed by atoms with Crippen molar-refractivity contribution in [2.75, 3.05) is 0 Å². The number of hydrogen-bond donors (Lipinski definition) is 0. The molecule has 21 heavy (non-hydrogen) atoms. The van der Waals surface area contributed by atoms with Crippen LogP contribution in [-0.2, 0) is 6.42 Å². The van der Waals surface area contributed by atoms with E-state index >= 15 is 0 Å². The number of aryl methyl sites for hydroxylation is 1. The van der Waals surface area contributed by atoms with E-state index < -0.39 is 0 Å². The van der Waals surface area contributed by atoms with Gasteiger partial charge in [-0.1, -0.05) is 0 Å². The molecule has 0 aliphatic heterocycles. The highest BCUT2D eigenvalue weighted by Crippen LogP contribution is 2.47. The van der Waals surface area contributed by atoms with Crippen LogP contribution in [0.1, 0.15) is 66.6 Å². The van der Waals surface area contributed by atoms with Gasteiger partial charge in [-0.3, -0.25) is 0 Å². The lowest BCUT2D eigenvalue weighted by Crippen LogP contribution is -2.12. The van der Waals surface area contributed by atoms with Gasteiger partial charge in [-0.15, -0.1) is 11.3 Å². The summed E-state index contributed by atoms with van der Waals surface area (Å²) in [7, 11) is 0. The lowest BCUT2D eigenvalue weighted by molar-refractivity contribution is 0.547. The van der Waals surface area contributed by atoms with Gasteiger partial charge in [0, 0.05) is 29.2 Å². The molecule has 2 aliphatic carbocycles. The third-order valence-corrected chi connectivity index (χ3v) is 5.45. The Balaban J connectivity index is 1.86. The molecule has 0 radical (unpaired) electrons. The second-order valence-corrected chi connectivity index (χ2v) is 6.99. The Bertz CT molecular complexity index is 717. The van der Waals surface area contributed by atoms with Crippen LogP contribution in [0.5, 0.6) is 0 Å². The average molecular weight is 298 g/mol. The fraction of sp³-hybridized carbons (Fsp3) is 0.562. The first-order valence-corrected chi connectivity index (χ1v) is 8.57. The van der Waals surface area contributed by atoms with Gasteiger partial charge in [0.25, 0.3) is 0 Å². The fourth-order valence-electron chi connectivity index (χ4n) is 3.40. The molecule has 2 aromatic heterocycles. The molecule has 2 heterocycles.